The SMILES string of the molecule is C[C@H](c1c[nH]c(=O)c2c(F)c(F)ccc12)N(C)C(=O)Nc1cccc(F)c1F. The Hall–Kier alpha value is -3.36. The summed E-state index contributed by atoms with van der Waals surface area (Å²) in [6, 6.07) is 3.99. The Kier molecular flexibility index (Phi) is 5.08. The van der Waals surface area contributed by atoms with Crippen LogP contribution >= 0.6 is 0 Å². The van der Waals surface area contributed by atoms with Crippen LogP contribution in [0, 0.1) is 23.3 Å². The molecule has 0 aliphatic rings. The highest BCUT2D eigenvalue weighted by atomic mass is 19.2. The third-order valence-corrected chi connectivity index (χ3v) is 4.54. The second kappa shape index (κ2) is 7.34. The summed E-state index contributed by atoms with van der Waals surface area (Å²) in [6.45, 7) is 1.58. The molecule has 0 fully saturated rings. The van der Waals surface area contributed by atoms with E-state index in [-0.39, 0.29) is 11.1 Å². The van der Waals surface area contributed by atoms with E-state index in [9.17, 15) is 27.2 Å². The van der Waals surface area contributed by atoms with Gasteiger partial charge in [-0.05, 0) is 36.1 Å². The van der Waals surface area contributed by atoms with Crippen LogP contribution in [-0.2, 0) is 0 Å². The first kappa shape index (κ1) is 19.4. The third-order valence-electron chi connectivity index (χ3n) is 4.54. The molecule has 0 spiro atoms. The number of aromatic nitrogens is 1. The van der Waals surface area contributed by atoms with Crippen LogP contribution in [0.3, 0.4) is 0 Å². The Bertz CT molecular complexity index is 1130. The molecular weight excluding hydrogens is 378 g/mol. The number of benzene rings is 2. The fraction of sp³-hybridized carbons (Fsp3) is 0.158. The quantitative estimate of drug-likeness (QED) is 0.652. The molecule has 0 radical (unpaired) electrons. The first-order chi connectivity index (χ1) is 13.2. The number of anilines is 1. The summed E-state index contributed by atoms with van der Waals surface area (Å²) in [5.74, 6) is -4.78. The van der Waals surface area contributed by atoms with Gasteiger partial charge in [-0.3, -0.25) is 4.79 Å². The maximum Gasteiger partial charge on any atom is 0.322 e. The van der Waals surface area contributed by atoms with Crippen molar-refractivity contribution >= 4 is 22.5 Å². The van der Waals surface area contributed by atoms with E-state index in [2.05, 4.69) is 10.3 Å². The number of nitrogens with one attached hydrogen (secondary N) is 2. The Labute approximate surface area is 156 Å². The number of carbonyl (C=O) groups excluding carboxylic acids is 1. The molecule has 3 aromatic rings. The van der Waals surface area contributed by atoms with Gasteiger partial charge in [-0.1, -0.05) is 12.1 Å². The lowest BCUT2D eigenvalue weighted by Gasteiger charge is -2.26. The van der Waals surface area contributed by atoms with Crippen molar-refractivity contribution < 1.29 is 22.4 Å². The normalized spacial score (nSPS) is 12.1. The molecule has 0 aliphatic carbocycles. The summed E-state index contributed by atoms with van der Waals surface area (Å²) >= 11 is 0. The van der Waals surface area contributed by atoms with Crippen LogP contribution in [0.2, 0.25) is 0 Å². The van der Waals surface area contributed by atoms with E-state index in [1.54, 1.807) is 6.92 Å². The molecule has 3 rings (SSSR count). The summed E-state index contributed by atoms with van der Waals surface area (Å²) in [5, 5.41) is 1.92. The Morgan fingerprint density at radius 1 is 1.07 bits per heavy atom. The smallest absolute Gasteiger partial charge is 0.322 e. The van der Waals surface area contributed by atoms with Crippen LogP contribution in [0.5, 0.6) is 0 Å². The molecular formula is C19H15F4N3O2. The van der Waals surface area contributed by atoms with E-state index >= 15 is 0 Å². The summed E-state index contributed by atoms with van der Waals surface area (Å²) in [7, 11) is 1.38. The van der Waals surface area contributed by atoms with Crippen molar-refractivity contribution in [2.75, 3.05) is 12.4 Å². The van der Waals surface area contributed by atoms with E-state index in [1.165, 1.54) is 31.4 Å². The van der Waals surface area contributed by atoms with Crippen LogP contribution < -0.4 is 10.9 Å². The van der Waals surface area contributed by atoms with Gasteiger partial charge in [0.15, 0.2) is 23.3 Å². The Morgan fingerprint density at radius 2 is 1.75 bits per heavy atom. The highest BCUT2D eigenvalue weighted by Crippen LogP contribution is 2.28. The van der Waals surface area contributed by atoms with E-state index in [0.29, 0.717) is 5.56 Å². The number of fused-ring (bicyclic) bond motifs is 1. The van der Waals surface area contributed by atoms with Crippen LogP contribution in [0.15, 0.2) is 41.3 Å². The first-order valence-corrected chi connectivity index (χ1v) is 8.19. The number of urea groups is 1. The van der Waals surface area contributed by atoms with Gasteiger partial charge in [0.05, 0.1) is 17.1 Å². The van der Waals surface area contributed by atoms with Crippen molar-refractivity contribution in [1.29, 1.82) is 0 Å². The number of aromatic amines is 1. The predicted molar refractivity (Wildman–Crippen MR) is 96.0 cm³/mol. The zero-order chi connectivity index (χ0) is 20.6. The molecule has 2 amide bonds. The predicted octanol–water partition coefficient (Wildman–Crippen LogP) is 4.31. The fourth-order valence-electron chi connectivity index (χ4n) is 2.84. The third kappa shape index (κ3) is 3.30. The number of hydrogen-bond acceptors (Lipinski definition) is 2. The van der Waals surface area contributed by atoms with E-state index in [0.717, 1.165) is 17.0 Å². The molecule has 2 aromatic carbocycles. The lowest BCUT2D eigenvalue weighted by atomic mass is 10.0. The van der Waals surface area contributed by atoms with Gasteiger partial charge in [0.1, 0.15) is 0 Å². The largest absolute Gasteiger partial charge is 0.328 e. The molecule has 9 heteroatoms. The van der Waals surface area contributed by atoms with Crippen molar-refractivity contribution in [3.05, 3.63) is 75.7 Å². The number of carbonyl (C=O) groups is 1. The first-order valence-electron chi connectivity index (χ1n) is 8.19. The second-order valence-corrected chi connectivity index (χ2v) is 6.18. The zero-order valence-electron chi connectivity index (χ0n) is 14.8. The summed E-state index contributed by atoms with van der Waals surface area (Å²) in [6.07, 6.45) is 1.29. The molecule has 1 aromatic heterocycles. The number of hydrogen-bond donors (Lipinski definition) is 2. The minimum Gasteiger partial charge on any atom is -0.328 e. The van der Waals surface area contributed by atoms with Gasteiger partial charge in [0, 0.05) is 13.2 Å². The number of amides is 2. The average molecular weight is 393 g/mol. The van der Waals surface area contributed by atoms with Crippen molar-refractivity contribution in [3.8, 4) is 0 Å². The Balaban J connectivity index is 1.95. The Morgan fingerprint density at radius 3 is 2.46 bits per heavy atom. The molecule has 146 valence electrons. The molecule has 0 bridgehead atoms. The fourth-order valence-corrected chi connectivity index (χ4v) is 2.84. The van der Waals surface area contributed by atoms with Crippen molar-refractivity contribution in [3.63, 3.8) is 0 Å². The summed E-state index contributed by atoms with van der Waals surface area (Å²) in [5.41, 5.74) is -0.814. The van der Waals surface area contributed by atoms with Crippen LogP contribution in [0.4, 0.5) is 28.0 Å². The number of pyridine rings is 1. The highest BCUT2D eigenvalue weighted by Gasteiger charge is 2.23. The maximum atomic E-state index is 14.1. The summed E-state index contributed by atoms with van der Waals surface area (Å²) in [4.78, 5) is 27.8. The van der Waals surface area contributed by atoms with Crippen molar-refractivity contribution in [1.82, 2.24) is 9.88 Å². The van der Waals surface area contributed by atoms with Gasteiger partial charge in [0.2, 0.25) is 0 Å². The van der Waals surface area contributed by atoms with Gasteiger partial charge in [0.25, 0.3) is 5.56 Å². The number of nitrogens with zero attached hydrogens (tertiary/aromatic N) is 1. The van der Waals surface area contributed by atoms with Crippen molar-refractivity contribution in [2.24, 2.45) is 0 Å². The van der Waals surface area contributed by atoms with E-state index in [4.69, 9.17) is 0 Å². The van der Waals surface area contributed by atoms with Crippen LogP contribution in [-0.4, -0.2) is 23.0 Å². The molecule has 0 saturated heterocycles. The lowest BCUT2D eigenvalue weighted by molar-refractivity contribution is 0.208. The van der Waals surface area contributed by atoms with Crippen LogP contribution in [0.1, 0.15) is 18.5 Å². The standard InChI is InChI=1S/C19H15F4N3O2/c1-9(26(2)19(28)25-14-5-3-4-12(20)16(14)22)11-8-24-18(27)15-10(11)6-7-13(21)17(15)23/h3-9H,1-2H3,(H,24,27)(H,25,28)/t9-/m1/s1. The molecule has 5 nitrogen and oxygen atoms in total. The van der Waals surface area contributed by atoms with E-state index < -0.39 is 46.3 Å². The minimum absolute atomic E-state index is 0.131. The number of rotatable bonds is 3. The zero-order valence-corrected chi connectivity index (χ0v) is 14.8. The monoisotopic (exact) mass is 393 g/mol. The van der Waals surface area contributed by atoms with Crippen LogP contribution in [0.25, 0.3) is 10.8 Å². The van der Waals surface area contributed by atoms with Gasteiger partial charge < -0.3 is 15.2 Å². The number of H-pyrrole nitrogens is 1. The number of halogens is 4. The molecule has 0 aliphatic heterocycles. The van der Waals surface area contributed by atoms with Gasteiger partial charge >= 0.3 is 6.03 Å². The van der Waals surface area contributed by atoms with E-state index in [1.807, 2.05) is 0 Å². The topological polar surface area (TPSA) is 65.2 Å². The molecule has 28 heavy (non-hydrogen) atoms. The molecule has 1 atom stereocenters. The lowest BCUT2D eigenvalue weighted by Crippen LogP contribution is -2.34. The van der Waals surface area contributed by atoms with Gasteiger partial charge in [-0.15, -0.1) is 0 Å². The highest BCUT2D eigenvalue weighted by molar-refractivity contribution is 5.91. The van der Waals surface area contributed by atoms with Crippen molar-refractivity contribution in [2.45, 2.75) is 13.0 Å². The maximum absolute atomic E-state index is 14.1. The second-order valence-electron chi connectivity index (χ2n) is 6.18. The summed E-state index contributed by atoms with van der Waals surface area (Å²) < 4.78 is 54.6. The van der Waals surface area contributed by atoms with Gasteiger partial charge in [-0.2, -0.15) is 0 Å². The molecule has 1 heterocycles. The molecule has 2 N–H and O–H groups in total. The molecule has 0 saturated carbocycles. The molecule has 0 unspecified atom stereocenters. The minimum atomic E-state index is -1.29. The van der Waals surface area contributed by atoms with Gasteiger partial charge in [-0.25, -0.2) is 22.4 Å². The average Bonchev–Trinajstić information content (AvgIpc) is 2.67.